The number of aromatic nitrogens is 3. The highest BCUT2D eigenvalue weighted by Crippen LogP contribution is 2.33. The summed E-state index contributed by atoms with van der Waals surface area (Å²) in [6.07, 6.45) is 4.03. The average Bonchev–Trinajstić information content (AvgIpc) is 3.23. The molecule has 1 saturated heterocycles. The Labute approximate surface area is 245 Å². The molecule has 0 radical (unpaired) electrons. The number of H-pyrrole nitrogens is 1. The quantitative estimate of drug-likeness (QED) is 0.156. The van der Waals surface area contributed by atoms with Crippen molar-refractivity contribution in [1.29, 1.82) is 0 Å². The van der Waals surface area contributed by atoms with Crippen LogP contribution in [0.25, 0.3) is 22.4 Å². The number of aromatic amines is 1. The van der Waals surface area contributed by atoms with Gasteiger partial charge in [0, 0.05) is 58.6 Å². The maximum Gasteiger partial charge on any atom is 0.275 e. The van der Waals surface area contributed by atoms with Crippen LogP contribution in [0.5, 0.6) is 5.75 Å². The molecule has 4 rings (SSSR count). The number of hydrogen-bond acceptors (Lipinski definition) is 9. The number of aliphatic imine (C=N–C) groups is 1. The summed E-state index contributed by atoms with van der Waals surface area (Å²) in [6, 6.07) is 4.69. The number of aryl methyl sites for hydroxylation is 2. The first-order chi connectivity index (χ1) is 19.8. The summed E-state index contributed by atoms with van der Waals surface area (Å²) in [5.41, 5.74) is 3.21. The van der Waals surface area contributed by atoms with Gasteiger partial charge in [0.1, 0.15) is 29.2 Å². The van der Waals surface area contributed by atoms with Gasteiger partial charge in [0.25, 0.3) is 5.56 Å². The summed E-state index contributed by atoms with van der Waals surface area (Å²) >= 11 is 0. The lowest BCUT2D eigenvalue weighted by atomic mass is 10.1. The molecule has 3 heterocycles. The fourth-order valence-corrected chi connectivity index (χ4v) is 6.56. The van der Waals surface area contributed by atoms with Crippen molar-refractivity contribution in [1.82, 2.24) is 23.7 Å². The highest BCUT2D eigenvalue weighted by Gasteiger charge is 2.30. The predicted octanol–water partition coefficient (Wildman–Crippen LogP) is 0.193. The smallest absolute Gasteiger partial charge is 0.275 e. The SMILES string of the molecule is CCCOc1ccc(S(=O)(=O)N2CCN(CCO[NH2+][O-])CC2)cc1-c1nc2c(CCC)c(C=NC)n(C)c2c(=O)[nH]1.O. The second-order valence-electron chi connectivity index (χ2n) is 9.89. The fourth-order valence-electron chi connectivity index (χ4n) is 5.11. The Morgan fingerprint density at radius 1 is 1.17 bits per heavy atom. The van der Waals surface area contributed by atoms with Gasteiger partial charge in [-0.1, -0.05) is 20.3 Å². The molecule has 5 N–H and O–H groups in total. The first-order valence-corrected chi connectivity index (χ1v) is 15.3. The van der Waals surface area contributed by atoms with Crippen molar-refractivity contribution in [3.8, 4) is 17.1 Å². The highest BCUT2D eigenvalue weighted by atomic mass is 32.2. The minimum atomic E-state index is -3.84. The normalized spacial score (nSPS) is 15.0. The van der Waals surface area contributed by atoms with E-state index in [2.05, 4.69) is 21.8 Å². The van der Waals surface area contributed by atoms with Crippen LogP contribution in [0.15, 0.2) is 32.9 Å². The van der Waals surface area contributed by atoms with E-state index in [9.17, 15) is 18.4 Å². The Bertz CT molecular complexity index is 1540. The number of sulfonamides is 1. The van der Waals surface area contributed by atoms with Gasteiger partial charge in [0.2, 0.25) is 10.0 Å². The van der Waals surface area contributed by atoms with Crippen LogP contribution in [0.1, 0.15) is 37.9 Å². The molecule has 1 aliphatic rings. The molecule has 1 aromatic carbocycles. The predicted molar refractivity (Wildman–Crippen MR) is 160 cm³/mol. The van der Waals surface area contributed by atoms with Crippen LogP contribution in [0.4, 0.5) is 0 Å². The lowest BCUT2D eigenvalue weighted by molar-refractivity contribution is -0.850. The summed E-state index contributed by atoms with van der Waals surface area (Å²) in [6.45, 7) is 6.93. The molecule has 14 nitrogen and oxygen atoms in total. The summed E-state index contributed by atoms with van der Waals surface area (Å²) in [5.74, 6) is 0.685. The Morgan fingerprint density at radius 3 is 2.55 bits per heavy atom. The number of nitrogens with one attached hydrogen (secondary N) is 1. The molecule has 2 aromatic heterocycles. The van der Waals surface area contributed by atoms with Crippen molar-refractivity contribution in [3.05, 3.63) is 45.0 Å². The standard InChI is InChI=1S/C27H39N7O6S.H2O/c1-5-7-20-22(18-28-3)32(4)25-24(20)29-26(30-27(25)35)21-17-19(8-9-23(21)39-15-6-2)41(37,38)34-12-10-33(11-13-34)14-16-40-31-36;/h8-9,17-18H,5-7,10-16,31H2,1-4H3,(H,29,30,35);1H2. The third-order valence-corrected chi connectivity index (χ3v) is 9.06. The van der Waals surface area contributed by atoms with Gasteiger partial charge in [-0.2, -0.15) is 4.31 Å². The van der Waals surface area contributed by atoms with Crippen LogP contribution in [0.3, 0.4) is 0 Å². The van der Waals surface area contributed by atoms with E-state index in [0.29, 0.717) is 73.7 Å². The maximum atomic E-state index is 13.7. The molecule has 0 unspecified atom stereocenters. The zero-order valence-corrected chi connectivity index (χ0v) is 25.4. The summed E-state index contributed by atoms with van der Waals surface area (Å²) in [7, 11) is -0.340. The first-order valence-electron chi connectivity index (χ1n) is 13.8. The van der Waals surface area contributed by atoms with E-state index in [0.717, 1.165) is 24.1 Å². The van der Waals surface area contributed by atoms with Gasteiger partial charge < -0.3 is 25.0 Å². The molecule has 0 amide bonds. The van der Waals surface area contributed by atoms with E-state index in [1.807, 2.05) is 14.0 Å². The van der Waals surface area contributed by atoms with Crippen molar-refractivity contribution >= 4 is 27.3 Å². The summed E-state index contributed by atoms with van der Waals surface area (Å²) < 4.78 is 36.6. The molecule has 3 aromatic rings. The first kappa shape index (κ1) is 33.3. The molecular formula is C27H41N7O7S. The topological polar surface area (TPSA) is 193 Å². The number of nitrogens with zero attached hydrogens (tertiary/aromatic N) is 5. The van der Waals surface area contributed by atoms with Crippen molar-refractivity contribution in [2.75, 3.05) is 53.0 Å². The largest absolute Gasteiger partial charge is 0.601 e. The molecule has 1 fully saturated rings. The zero-order valence-electron chi connectivity index (χ0n) is 24.6. The van der Waals surface area contributed by atoms with Gasteiger partial charge in [-0.05, 0) is 31.0 Å². The molecule has 15 heteroatoms. The molecule has 232 valence electrons. The van der Waals surface area contributed by atoms with Gasteiger partial charge in [-0.25, -0.2) is 23.9 Å². The molecule has 1 aliphatic heterocycles. The molecular weight excluding hydrogens is 566 g/mol. The Balaban J connectivity index is 0.00000484. The zero-order chi connectivity index (χ0) is 29.6. The second-order valence-corrected chi connectivity index (χ2v) is 11.8. The molecule has 0 aliphatic carbocycles. The Morgan fingerprint density at radius 2 is 1.90 bits per heavy atom. The van der Waals surface area contributed by atoms with Crippen molar-refractivity contribution in [2.45, 2.75) is 38.0 Å². The van der Waals surface area contributed by atoms with Gasteiger partial charge in [0.15, 0.2) is 0 Å². The number of quaternary nitrogens is 1. The van der Waals surface area contributed by atoms with Crippen molar-refractivity contribution in [3.63, 3.8) is 0 Å². The summed E-state index contributed by atoms with van der Waals surface area (Å²) in [5, 5.41) is 10.4. The average molecular weight is 608 g/mol. The number of hydrogen-bond donors (Lipinski definition) is 2. The molecule has 0 atom stereocenters. The number of fused-ring (bicyclic) bond motifs is 1. The van der Waals surface area contributed by atoms with E-state index < -0.39 is 10.0 Å². The van der Waals surface area contributed by atoms with E-state index in [-0.39, 0.29) is 28.4 Å². The van der Waals surface area contributed by atoms with Crippen LogP contribution in [-0.4, -0.2) is 96.8 Å². The number of benzene rings is 1. The lowest BCUT2D eigenvalue weighted by Gasteiger charge is -2.33. The number of piperazine rings is 1. The van der Waals surface area contributed by atoms with Crippen LogP contribution < -0.4 is 15.9 Å². The monoisotopic (exact) mass is 607 g/mol. The van der Waals surface area contributed by atoms with Crippen LogP contribution in [0.2, 0.25) is 0 Å². The Kier molecular flexibility index (Phi) is 11.8. The summed E-state index contributed by atoms with van der Waals surface area (Å²) in [4.78, 5) is 32.2. The molecule has 0 bridgehead atoms. The third-order valence-electron chi connectivity index (χ3n) is 7.17. The molecule has 0 spiro atoms. The molecule has 0 saturated carbocycles. The number of nitrogens with two attached hydrogens (primary N) is 1. The van der Waals surface area contributed by atoms with Gasteiger partial charge in [0.05, 0.1) is 22.8 Å². The maximum absolute atomic E-state index is 13.7. The number of ether oxygens (including phenoxy) is 1. The minimum absolute atomic E-state index is 0. The van der Waals surface area contributed by atoms with Crippen molar-refractivity contribution in [2.24, 2.45) is 12.0 Å². The van der Waals surface area contributed by atoms with E-state index in [1.165, 1.54) is 16.4 Å². The van der Waals surface area contributed by atoms with Crippen molar-refractivity contribution < 1.29 is 29.1 Å². The van der Waals surface area contributed by atoms with Crippen LogP contribution in [0, 0.1) is 5.21 Å². The van der Waals surface area contributed by atoms with E-state index in [4.69, 9.17) is 14.6 Å². The second kappa shape index (κ2) is 14.8. The Hall–Kier alpha value is -3.18. The minimum Gasteiger partial charge on any atom is -0.601 e. The number of rotatable bonds is 13. The van der Waals surface area contributed by atoms with Gasteiger partial charge in [-0.15, -0.1) is 0 Å². The van der Waals surface area contributed by atoms with Gasteiger partial charge in [-0.3, -0.25) is 14.7 Å². The molecule has 42 heavy (non-hydrogen) atoms. The fraction of sp³-hybridized carbons (Fsp3) is 0.519. The van der Waals surface area contributed by atoms with Crippen LogP contribution >= 0.6 is 0 Å². The van der Waals surface area contributed by atoms with Gasteiger partial charge >= 0.3 is 0 Å². The van der Waals surface area contributed by atoms with E-state index in [1.54, 1.807) is 23.9 Å². The van der Waals surface area contributed by atoms with E-state index >= 15 is 0 Å². The van der Waals surface area contributed by atoms with Crippen LogP contribution in [-0.2, 0) is 28.3 Å². The third kappa shape index (κ3) is 6.89. The lowest BCUT2D eigenvalue weighted by Crippen LogP contribution is -2.76. The highest BCUT2D eigenvalue weighted by molar-refractivity contribution is 7.89.